The van der Waals surface area contributed by atoms with Crippen LogP contribution in [0.3, 0.4) is 0 Å². The third-order valence-electron chi connectivity index (χ3n) is 5.12. The predicted octanol–water partition coefficient (Wildman–Crippen LogP) is 2.32. The molecule has 0 aromatic heterocycles. The maximum absolute atomic E-state index is 12.9. The quantitative estimate of drug-likeness (QED) is 0.722. The summed E-state index contributed by atoms with van der Waals surface area (Å²) in [4.78, 5) is 29.2. The molecule has 1 saturated heterocycles. The molecule has 30 heavy (non-hydrogen) atoms. The topological polar surface area (TPSA) is 77.5 Å². The first kappa shape index (κ1) is 21.3. The molecule has 8 nitrogen and oxygen atoms in total. The molecule has 0 atom stereocenters. The van der Waals surface area contributed by atoms with Gasteiger partial charge in [-0.2, -0.15) is 0 Å². The molecule has 3 rings (SSSR count). The van der Waals surface area contributed by atoms with E-state index in [2.05, 4.69) is 0 Å². The van der Waals surface area contributed by atoms with Gasteiger partial charge in [0.25, 0.3) is 11.8 Å². The van der Waals surface area contributed by atoms with Gasteiger partial charge < -0.3 is 28.7 Å². The van der Waals surface area contributed by atoms with E-state index in [0.29, 0.717) is 60.3 Å². The van der Waals surface area contributed by atoms with Gasteiger partial charge in [-0.15, -0.1) is 0 Å². The Bertz CT molecular complexity index is 846. The fraction of sp³-hybridized carbons (Fsp3) is 0.364. The van der Waals surface area contributed by atoms with Crippen LogP contribution in [0.4, 0.5) is 0 Å². The first-order chi connectivity index (χ1) is 14.5. The number of carbonyl (C=O) groups is 2. The number of carbonyl (C=O) groups excluding carboxylic acids is 2. The molecule has 0 bridgehead atoms. The highest BCUT2D eigenvalue weighted by Gasteiger charge is 2.26. The van der Waals surface area contributed by atoms with Crippen molar-refractivity contribution in [2.75, 3.05) is 54.6 Å². The van der Waals surface area contributed by atoms with Gasteiger partial charge in [-0.1, -0.05) is 0 Å². The Morgan fingerprint density at radius 2 is 0.933 bits per heavy atom. The Hall–Kier alpha value is -3.42. The highest BCUT2D eigenvalue weighted by Crippen LogP contribution is 2.29. The van der Waals surface area contributed by atoms with E-state index in [1.54, 1.807) is 60.4 Å². The summed E-state index contributed by atoms with van der Waals surface area (Å²) in [5, 5.41) is 0. The minimum atomic E-state index is -0.103. The van der Waals surface area contributed by atoms with Crippen molar-refractivity contribution in [3.63, 3.8) is 0 Å². The summed E-state index contributed by atoms with van der Waals surface area (Å²) >= 11 is 0. The molecule has 2 aromatic rings. The van der Waals surface area contributed by atoms with E-state index >= 15 is 0 Å². The highest BCUT2D eigenvalue weighted by molar-refractivity contribution is 5.96. The molecule has 0 saturated carbocycles. The zero-order valence-electron chi connectivity index (χ0n) is 17.6. The van der Waals surface area contributed by atoms with Crippen LogP contribution >= 0.6 is 0 Å². The predicted molar refractivity (Wildman–Crippen MR) is 111 cm³/mol. The zero-order chi connectivity index (χ0) is 21.7. The number of piperazine rings is 1. The van der Waals surface area contributed by atoms with Crippen LogP contribution in [0.5, 0.6) is 23.0 Å². The fourth-order valence-electron chi connectivity index (χ4n) is 3.42. The largest absolute Gasteiger partial charge is 0.493 e. The van der Waals surface area contributed by atoms with E-state index in [1.165, 1.54) is 14.2 Å². The van der Waals surface area contributed by atoms with Gasteiger partial charge in [0.15, 0.2) is 23.0 Å². The number of ether oxygens (including phenoxy) is 4. The lowest BCUT2D eigenvalue weighted by atomic mass is 10.1. The number of nitrogens with zero attached hydrogens (tertiary/aromatic N) is 2. The number of methoxy groups -OCH3 is 4. The van der Waals surface area contributed by atoms with Crippen LogP contribution in [0, 0.1) is 0 Å². The number of rotatable bonds is 6. The second kappa shape index (κ2) is 9.39. The maximum Gasteiger partial charge on any atom is 0.254 e. The second-order valence-corrected chi connectivity index (χ2v) is 6.72. The average Bonchev–Trinajstić information content (AvgIpc) is 2.82. The number of hydrogen-bond donors (Lipinski definition) is 0. The van der Waals surface area contributed by atoms with Gasteiger partial charge in [-0.05, 0) is 36.4 Å². The second-order valence-electron chi connectivity index (χ2n) is 6.72. The standard InChI is InChI=1S/C22H26N2O6/c1-27-17-7-5-15(13-19(17)29-3)21(25)23-9-11-24(12-10-23)22(26)16-6-8-18(28-2)20(14-16)30-4/h5-8,13-14H,9-12H2,1-4H3. The SMILES string of the molecule is COc1ccc(C(=O)N2CCN(C(=O)c3ccc(OC)c(OC)c3)CC2)cc1OC. The molecular weight excluding hydrogens is 388 g/mol. The third-order valence-corrected chi connectivity index (χ3v) is 5.12. The fourth-order valence-corrected chi connectivity index (χ4v) is 3.42. The van der Waals surface area contributed by atoms with Gasteiger partial charge in [0.2, 0.25) is 0 Å². The maximum atomic E-state index is 12.9. The van der Waals surface area contributed by atoms with Crippen LogP contribution in [0.15, 0.2) is 36.4 Å². The van der Waals surface area contributed by atoms with E-state index in [0.717, 1.165) is 0 Å². The van der Waals surface area contributed by atoms with E-state index in [1.807, 2.05) is 0 Å². The highest BCUT2D eigenvalue weighted by atomic mass is 16.5. The first-order valence-corrected chi connectivity index (χ1v) is 9.55. The van der Waals surface area contributed by atoms with E-state index < -0.39 is 0 Å². The molecule has 0 spiro atoms. The molecule has 1 aliphatic rings. The Kier molecular flexibility index (Phi) is 6.66. The zero-order valence-corrected chi connectivity index (χ0v) is 17.6. The third kappa shape index (κ3) is 4.27. The smallest absolute Gasteiger partial charge is 0.254 e. The van der Waals surface area contributed by atoms with Gasteiger partial charge in [0.05, 0.1) is 28.4 Å². The lowest BCUT2D eigenvalue weighted by Gasteiger charge is -2.35. The first-order valence-electron chi connectivity index (χ1n) is 9.55. The van der Waals surface area contributed by atoms with Crippen molar-refractivity contribution in [3.05, 3.63) is 47.5 Å². The summed E-state index contributed by atoms with van der Waals surface area (Å²) in [7, 11) is 6.16. The normalized spacial score (nSPS) is 13.6. The van der Waals surface area contributed by atoms with Crippen molar-refractivity contribution >= 4 is 11.8 Å². The molecule has 0 unspecified atom stereocenters. The number of amides is 2. The van der Waals surface area contributed by atoms with E-state index in [9.17, 15) is 9.59 Å². The summed E-state index contributed by atoms with van der Waals surface area (Å²) in [5.74, 6) is 1.94. The van der Waals surface area contributed by atoms with Crippen LogP contribution < -0.4 is 18.9 Å². The molecule has 1 aliphatic heterocycles. The number of hydrogen-bond acceptors (Lipinski definition) is 6. The van der Waals surface area contributed by atoms with Crippen molar-refractivity contribution in [1.82, 2.24) is 9.80 Å². The lowest BCUT2D eigenvalue weighted by molar-refractivity contribution is 0.0535. The Labute approximate surface area is 175 Å². The minimum Gasteiger partial charge on any atom is -0.493 e. The van der Waals surface area contributed by atoms with Crippen molar-refractivity contribution in [2.45, 2.75) is 0 Å². The minimum absolute atomic E-state index is 0.103. The molecule has 0 aliphatic carbocycles. The summed E-state index contributed by atoms with van der Waals surface area (Å²) in [6.07, 6.45) is 0. The monoisotopic (exact) mass is 414 g/mol. The van der Waals surface area contributed by atoms with E-state index in [4.69, 9.17) is 18.9 Å². The van der Waals surface area contributed by atoms with Crippen LogP contribution in [-0.4, -0.2) is 76.2 Å². The van der Waals surface area contributed by atoms with Crippen molar-refractivity contribution < 1.29 is 28.5 Å². The number of benzene rings is 2. The van der Waals surface area contributed by atoms with Gasteiger partial charge >= 0.3 is 0 Å². The summed E-state index contributed by atoms with van der Waals surface area (Å²) in [6, 6.07) is 10.2. The molecule has 1 fully saturated rings. The van der Waals surface area contributed by atoms with Gasteiger partial charge in [0, 0.05) is 37.3 Å². The summed E-state index contributed by atoms with van der Waals surface area (Å²) < 4.78 is 21.0. The van der Waals surface area contributed by atoms with Gasteiger partial charge in [-0.3, -0.25) is 9.59 Å². The molecule has 2 amide bonds. The molecule has 0 N–H and O–H groups in total. The van der Waals surface area contributed by atoms with Crippen LogP contribution in [-0.2, 0) is 0 Å². The Morgan fingerprint density at radius 1 is 0.600 bits per heavy atom. The summed E-state index contributed by atoms with van der Waals surface area (Å²) in [6.45, 7) is 1.80. The molecule has 8 heteroatoms. The summed E-state index contributed by atoms with van der Waals surface area (Å²) in [5.41, 5.74) is 1.04. The van der Waals surface area contributed by atoms with Crippen LogP contribution in [0.25, 0.3) is 0 Å². The van der Waals surface area contributed by atoms with Crippen LogP contribution in [0.2, 0.25) is 0 Å². The van der Waals surface area contributed by atoms with Gasteiger partial charge in [0.1, 0.15) is 0 Å². The van der Waals surface area contributed by atoms with Crippen LogP contribution in [0.1, 0.15) is 20.7 Å². The average molecular weight is 414 g/mol. The van der Waals surface area contributed by atoms with Crippen molar-refractivity contribution in [1.29, 1.82) is 0 Å². The Morgan fingerprint density at radius 3 is 1.23 bits per heavy atom. The molecule has 0 radical (unpaired) electrons. The van der Waals surface area contributed by atoms with Crippen molar-refractivity contribution in [2.24, 2.45) is 0 Å². The molecule has 2 aromatic carbocycles. The lowest BCUT2D eigenvalue weighted by Crippen LogP contribution is -2.50. The molecule has 160 valence electrons. The Balaban J connectivity index is 1.66. The molecular formula is C22H26N2O6. The van der Waals surface area contributed by atoms with Crippen molar-refractivity contribution in [3.8, 4) is 23.0 Å². The van der Waals surface area contributed by atoms with E-state index in [-0.39, 0.29) is 11.8 Å². The molecule has 1 heterocycles. The van der Waals surface area contributed by atoms with Gasteiger partial charge in [-0.25, -0.2) is 0 Å².